The quantitative estimate of drug-likeness (QED) is 0.775. The minimum Gasteiger partial charge on any atom is -0.496 e. The average molecular weight is 325 g/mol. The van der Waals surface area contributed by atoms with E-state index in [4.69, 9.17) is 15.0 Å². The standard InChI is InChI=1S/C17H19N5O2/c1-22-13(7-8-19-22)12-9-11(5-6-14(12)23-2)17-20-16(21-24-17)15(18)10-3-4-10/h5-10,15H,3-4,18H2,1-2H3. The predicted octanol–water partition coefficient (Wildman–Crippen LogP) is 2.56. The molecule has 1 unspecified atom stereocenters. The monoisotopic (exact) mass is 325 g/mol. The molecule has 1 fully saturated rings. The Balaban J connectivity index is 1.72. The van der Waals surface area contributed by atoms with Crippen LogP contribution in [0.2, 0.25) is 0 Å². The van der Waals surface area contributed by atoms with Gasteiger partial charge in [0.15, 0.2) is 5.82 Å². The number of nitrogens with two attached hydrogens (primary N) is 1. The van der Waals surface area contributed by atoms with E-state index < -0.39 is 0 Å². The zero-order valence-electron chi connectivity index (χ0n) is 13.6. The molecule has 4 rings (SSSR count). The zero-order valence-corrected chi connectivity index (χ0v) is 13.6. The maximum absolute atomic E-state index is 6.15. The Bertz CT molecular complexity index is 866. The molecule has 0 aliphatic heterocycles. The van der Waals surface area contributed by atoms with E-state index in [0.717, 1.165) is 35.4 Å². The fourth-order valence-corrected chi connectivity index (χ4v) is 2.83. The Kier molecular flexibility index (Phi) is 3.57. The van der Waals surface area contributed by atoms with Crippen LogP contribution in [0.15, 0.2) is 35.0 Å². The van der Waals surface area contributed by atoms with Crippen molar-refractivity contribution in [3.63, 3.8) is 0 Å². The Morgan fingerprint density at radius 2 is 2.17 bits per heavy atom. The lowest BCUT2D eigenvalue weighted by atomic mass is 10.1. The van der Waals surface area contributed by atoms with Crippen LogP contribution < -0.4 is 10.5 Å². The van der Waals surface area contributed by atoms with Gasteiger partial charge in [-0.3, -0.25) is 4.68 Å². The molecule has 1 atom stereocenters. The minimum absolute atomic E-state index is 0.141. The molecule has 1 saturated carbocycles. The first-order valence-corrected chi connectivity index (χ1v) is 7.93. The summed E-state index contributed by atoms with van der Waals surface area (Å²) in [5.74, 6) is 2.28. The first kappa shape index (κ1) is 14.9. The second-order valence-electron chi connectivity index (χ2n) is 6.08. The lowest BCUT2D eigenvalue weighted by Crippen LogP contribution is -2.13. The number of methoxy groups -OCH3 is 1. The Morgan fingerprint density at radius 3 is 2.83 bits per heavy atom. The number of benzene rings is 1. The third-order valence-corrected chi connectivity index (χ3v) is 4.41. The van der Waals surface area contributed by atoms with Crippen LogP contribution in [0.1, 0.15) is 24.7 Å². The average Bonchev–Trinajstić information content (AvgIpc) is 3.18. The van der Waals surface area contributed by atoms with Gasteiger partial charge in [-0.05, 0) is 43.0 Å². The van der Waals surface area contributed by atoms with Crippen LogP contribution >= 0.6 is 0 Å². The van der Waals surface area contributed by atoms with Crippen molar-refractivity contribution in [2.45, 2.75) is 18.9 Å². The molecule has 0 radical (unpaired) electrons. The predicted molar refractivity (Wildman–Crippen MR) is 88.1 cm³/mol. The van der Waals surface area contributed by atoms with Crippen molar-refractivity contribution < 1.29 is 9.26 Å². The molecule has 7 nitrogen and oxygen atoms in total. The van der Waals surface area contributed by atoms with Crippen LogP contribution in [0.25, 0.3) is 22.7 Å². The molecule has 2 N–H and O–H groups in total. The molecule has 7 heteroatoms. The molecular weight excluding hydrogens is 306 g/mol. The highest BCUT2D eigenvalue weighted by Crippen LogP contribution is 2.39. The van der Waals surface area contributed by atoms with Gasteiger partial charge in [0, 0.05) is 24.4 Å². The molecular formula is C17H19N5O2. The maximum atomic E-state index is 6.15. The highest BCUT2D eigenvalue weighted by molar-refractivity contribution is 5.73. The number of aromatic nitrogens is 4. The summed E-state index contributed by atoms with van der Waals surface area (Å²) >= 11 is 0. The maximum Gasteiger partial charge on any atom is 0.258 e. The second-order valence-corrected chi connectivity index (χ2v) is 6.08. The van der Waals surface area contributed by atoms with Gasteiger partial charge in [0.05, 0.1) is 18.8 Å². The van der Waals surface area contributed by atoms with Gasteiger partial charge >= 0.3 is 0 Å². The zero-order chi connectivity index (χ0) is 16.7. The molecule has 3 aromatic rings. The first-order valence-electron chi connectivity index (χ1n) is 7.93. The summed E-state index contributed by atoms with van der Waals surface area (Å²) in [7, 11) is 3.54. The lowest BCUT2D eigenvalue weighted by Gasteiger charge is -2.09. The highest BCUT2D eigenvalue weighted by atomic mass is 16.5. The van der Waals surface area contributed by atoms with Gasteiger partial charge in [-0.15, -0.1) is 0 Å². The van der Waals surface area contributed by atoms with E-state index in [1.165, 1.54) is 0 Å². The van der Waals surface area contributed by atoms with Crippen molar-refractivity contribution in [1.29, 1.82) is 0 Å². The van der Waals surface area contributed by atoms with Gasteiger partial charge in [-0.1, -0.05) is 5.16 Å². The van der Waals surface area contributed by atoms with Crippen molar-refractivity contribution in [2.24, 2.45) is 18.7 Å². The third kappa shape index (κ3) is 2.56. The number of rotatable bonds is 5. The summed E-state index contributed by atoms with van der Waals surface area (Å²) in [5.41, 5.74) is 8.84. The fourth-order valence-electron chi connectivity index (χ4n) is 2.83. The number of ether oxygens (including phenoxy) is 1. The summed E-state index contributed by atoms with van der Waals surface area (Å²) in [5, 5.41) is 8.26. The second kappa shape index (κ2) is 5.76. The number of hydrogen-bond donors (Lipinski definition) is 1. The molecule has 0 saturated heterocycles. The van der Waals surface area contributed by atoms with Crippen LogP contribution in [0, 0.1) is 5.92 Å². The summed E-state index contributed by atoms with van der Waals surface area (Å²) in [4.78, 5) is 4.48. The van der Waals surface area contributed by atoms with E-state index in [2.05, 4.69) is 15.2 Å². The number of hydrogen-bond acceptors (Lipinski definition) is 6. The van der Waals surface area contributed by atoms with E-state index in [1.54, 1.807) is 18.0 Å². The van der Waals surface area contributed by atoms with Gasteiger partial charge in [0.2, 0.25) is 0 Å². The molecule has 124 valence electrons. The van der Waals surface area contributed by atoms with E-state index in [9.17, 15) is 0 Å². The normalized spacial score (nSPS) is 15.5. The number of aryl methyl sites for hydroxylation is 1. The van der Waals surface area contributed by atoms with Crippen molar-refractivity contribution in [3.05, 3.63) is 36.3 Å². The molecule has 1 aliphatic carbocycles. The van der Waals surface area contributed by atoms with Gasteiger partial charge in [0.25, 0.3) is 5.89 Å². The largest absolute Gasteiger partial charge is 0.496 e. The summed E-state index contributed by atoms with van der Waals surface area (Å²) in [6.45, 7) is 0. The van der Waals surface area contributed by atoms with E-state index in [0.29, 0.717) is 17.6 Å². The molecule has 24 heavy (non-hydrogen) atoms. The molecule has 0 bridgehead atoms. The van der Waals surface area contributed by atoms with Gasteiger partial charge < -0.3 is 15.0 Å². The van der Waals surface area contributed by atoms with Crippen molar-refractivity contribution in [2.75, 3.05) is 7.11 Å². The van der Waals surface area contributed by atoms with Gasteiger partial charge in [0.1, 0.15) is 5.75 Å². The van der Waals surface area contributed by atoms with E-state index >= 15 is 0 Å². The van der Waals surface area contributed by atoms with Crippen molar-refractivity contribution in [3.8, 4) is 28.5 Å². The molecule has 2 heterocycles. The van der Waals surface area contributed by atoms with E-state index in [-0.39, 0.29) is 6.04 Å². The van der Waals surface area contributed by atoms with Crippen LogP contribution in [0.5, 0.6) is 5.75 Å². The minimum atomic E-state index is -0.141. The summed E-state index contributed by atoms with van der Waals surface area (Å²) in [6, 6.07) is 7.55. The van der Waals surface area contributed by atoms with Gasteiger partial charge in [-0.2, -0.15) is 10.1 Å². The van der Waals surface area contributed by atoms with Gasteiger partial charge in [-0.25, -0.2) is 0 Å². The topological polar surface area (TPSA) is 92.0 Å². The first-order chi connectivity index (χ1) is 11.7. The molecule has 0 amide bonds. The lowest BCUT2D eigenvalue weighted by molar-refractivity contribution is 0.410. The third-order valence-electron chi connectivity index (χ3n) is 4.41. The number of nitrogens with zero attached hydrogens (tertiary/aromatic N) is 4. The Labute approximate surface area is 139 Å². The summed E-state index contributed by atoms with van der Waals surface area (Å²) in [6.07, 6.45) is 4.03. The summed E-state index contributed by atoms with van der Waals surface area (Å²) < 4.78 is 12.7. The van der Waals surface area contributed by atoms with Crippen LogP contribution in [-0.2, 0) is 7.05 Å². The van der Waals surface area contributed by atoms with Crippen LogP contribution in [0.3, 0.4) is 0 Å². The van der Waals surface area contributed by atoms with Crippen molar-refractivity contribution in [1.82, 2.24) is 19.9 Å². The Hall–Kier alpha value is -2.67. The van der Waals surface area contributed by atoms with E-state index in [1.807, 2.05) is 31.3 Å². The Morgan fingerprint density at radius 1 is 1.33 bits per heavy atom. The molecule has 1 aromatic carbocycles. The fraction of sp³-hybridized carbons (Fsp3) is 0.353. The van der Waals surface area contributed by atoms with Crippen LogP contribution in [0.4, 0.5) is 0 Å². The van der Waals surface area contributed by atoms with Crippen LogP contribution in [-0.4, -0.2) is 27.0 Å². The molecule has 0 spiro atoms. The van der Waals surface area contributed by atoms with Crippen molar-refractivity contribution >= 4 is 0 Å². The molecule has 1 aliphatic rings. The molecule has 2 aromatic heterocycles. The smallest absolute Gasteiger partial charge is 0.258 e. The SMILES string of the molecule is COc1ccc(-c2nc(C(N)C3CC3)no2)cc1-c1ccnn1C. The highest BCUT2D eigenvalue weighted by Gasteiger charge is 2.32.